The molecular formula is C19H26N2O3. The van der Waals surface area contributed by atoms with E-state index in [0.717, 1.165) is 45.0 Å². The van der Waals surface area contributed by atoms with Gasteiger partial charge in [0.2, 0.25) is 0 Å². The minimum absolute atomic E-state index is 0.0353. The number of carbonyl (C=O) groups is 1. The van der Waals surface area contributed by atoms with E-state index in [0.29, 0.717) is 12.5 Å². The van der Waals surface area contributed by atoms with Crippen molar-refractivity contribution in [2.45, 2.75) is 12.5 Å². The van der Waals surface area contributed by atoms with Crippen LogP contribution in [0.5, 0.6) is 5.75 Å². The summed E-state index contributed by atoms with van der Waals surface area (Å²) in [5, 5.41) is 0. The minimum atomic E-state index is 0.0353. The number of para-hydroxylation sites is 1. The van der Waals surface area contributed by atoms with Crippen LogP contribution in [-0.4, -0.2) is 67.7 Å². The molecule has 130 valence electrons. The normalized spacial score (nSPS) is 24.8. The number of hydrogen-bond acceptors (Lipinski definition) is 4. The van der Waals surface area contributed by atoms with Gasteiger partial charge in [-0.1, -0.05) is 24.3 Å². The van der Waals surface area contributed by atoms with Gasteiger partial charge >= 0.3 is 0 Å². The number of fused-ring (bicyclic) bond motifs is 1. The highest BCUT2D eigenvalue weighted by molar-refractivity contribution is 5.77. The van der Waals surface area contributed by atoms with Crippen LogP contribution in [0.1, 0.15) is 6.42 Å². The molecule has 2 aliphatic rings. The number of rotatable bonds is 5. The van der Waals surface area contributed by atoms with E-state index in [-0.39, 0.29) is 18.6 Å². The summed E-state index contributed by atoms with van der Waals surface area (Å²) in [6.07, 6.45) is 3.06. The fourth-order valence-corrected chi connectivity index (χ4v) is 3.45. The lowest BCUT2D eigenvalue weighted by molar-refractivity contribution is -0.139. The molecule has 3 rings (SSSR count). The number of hydrogen-bond donors (Lipinski definition) is 0. The van der Waals surface area contributed by atoms with Crippen LogP contribution in [0.2, 0.25) is 0 Å². The Hall–Kier alpha value is -1.85. The SMILES string of the molecule is C=CCN1CCO[C@H]2CN(C(=O)COc3ccccc3)CC[C@H]2C1. The molecule has 2 fully saturated rings. The van der Waals surface area contributed by atoms with Gasteiger partial charge in [-0.05, 0) is 18.6 Å². The highest BCUT2D eigenvalue weighted by Gasteiger charge is 2.34. The number of likely N-dealkylation sites (tertiary alicyclic amines) is 1. The first-order chi connectivity index (χ1) is 11.8. The molecule has 2 atom stereocenters. The van der Waals surface area contributed by atoms with Crippen molar-refractivity contribution < 1.29 is 14.3 Å². The van der Waals surface area contributed by atoms with Crippen molar-refractivity contribution in [2.24, 2.45) is 5.92 Å². The van der Waals surface area contributed by atoms with E-state index in [1.54, 1.807) is 0 Å². The summed E-state index contributed by atoms with van der Waals surface area (Å²) in [7, 11) is 0. The lowest BCUT2D eigenvalue weighted by atomic mass is 9.93. The summed E-state index contributed by atoms with van der Waals surface area (Å²) >= 11 is 0. The molecule has 0 unspecified atom stereocenters. The fourth-order valence-electron chi connectivity index (χ4n) is 3.45. The van der Waals surface area contributed by atoms with E-state index < -0.39 is 0 Å². The first-order valence-electron chi connectivity index (χ1n) is 8.66. The zero-order chi connectivity index (χ0) is 16.8. The summed E-state index contributed by atoms with van der Waals surface area (Å²) in [5.41, 5.74) is 0. The minimum Gasteiger partial charge on any atom is -0.484 e. The van der Waals surface area contributed by atoms with Crippen LogP contribution in [0.3, 0.4) is 0 Å². The van der Waals surface area contributed by atoms with E-state index >= 15 is 0 Å². The molecule has 2 saturated heterocycles. The molecular weight excluding hydrogens is 304 g/mol. The largest absolute Gasteiger partial charge is 0.484 e. The summed E-state index contributed by atoms with van der Waals surface area (Å²) in [4.78, 5) is 16.7. The van der Waals surface area contributed by atoms with E-state index in [1.807, 2.05) is 41.3 Å². The molecule has 0 N–H and O–H groups in total. The highest BCUT2D eigenvalue weighted by Crippen LogP contribution is 2.24. The Labute approximate surface area is 143 Å². The molecule has 0 saturated carbocycles. The molecule has 0 bridgehead atoms. The van der Waals surface area contributed by atoms with Crippen LogP contribution < -0.4 is 4.74 Å². The molecule has 5 heteroatoms. The van der Waals surface area contributed by atoms with Gasteiger partial charge in [0.1, 0.15) is 5.75 Å². The Morgan fingerprint density at radius 3 is 2.92 bits per heavy atom. The Morgan fingerprint density at radius 1 is 1.29 bits per heavy atom. The molecule has 1 aromatic rings. The third-order valence-corrected chi connectivity index (χ3v) is 4.77. The zero-order valence-corrected chi connectivity index (χ0v) is 14.1. The van der Waals surface area contributed by atoms with Gasteiger partial charge in [0.25, 0.3) is 5.91 Å². The van der Waals surface area contributed by atoms with Crippen LogP contribution in [0.25, 0.3) is 0 Å². The lowest BCUT2D eigenvalue weighted by Gasteiger charge is -2.37. The maximum atomic E-state index is 12.4. The molecule has 1 amide bonds. The van der Waals surface area contributed by atoms with Crippen molar-refractivity contribution in [1.29, 1.82) is 0 Å². The van der Waals surface area contributed by atoms with E-state index in [2.05, 4.69) is 11.5 Å². The number of amides is 1. The van der Waals surface area contributed by atoms with Gasteiger partial charge in [-0.15, -0.1) is 6.58 Å². The van der Waals surface area contributed by atoms with Crippen LogP contribution in [0.4, 0.5) is 0 Å². The van der Waals surface area contributed by atoms with Crippen molar-refractivity contribution in [3.05, 3.63) is 43.0 Å². The van der Waals surface area contributed by atoms with Crippen molar-refractivity contribution in [1.82, 2.24) is 9.80 Å². The summed E-state index contributed by atoms with van der Waals surface area (Å²) in [6, 6.07) is 9.46. The number of benzene rings is 1. The predicted octanol–water partition coefficient (Wildman–Crippen LogP) is 1.80. The predicted molar refractivity (Wildman–Crippen MR) is 93.0 cm³/mol. The topological polar surface area (TPSA) is 42.0 Å². The maximum absolute atomic E-state index is 12.4. The van der Waals surface area contributed by atoms with Gasteiger partial charge in [0.15, 0.2) is 6.61 Å². The Balaban J connectivity index is 1.51. The molecule has 2 heterocycles. The first kappa shape index (κ1) is 17.0. The third kappa shape index (κ3) is 4.36. The molecule has 2 aliphatic heterocycles. The number of ether oxygens (including phenoxy) is 2. The monoisotopic (exact) mass is 330 g/mol. The maximum Gasteiger partial charge on any atom is 0.260 e. The van der Waals surface area contributed by atoms with Crippen molar-refractivity contribution in [3.8, 4) is 5.75 Å². The van der Waals surface area contributed by atoms with E-state index in [9.17, 15) is 4.79 Å². The van der Waals surface area contributed by atoms with Crippen LogP contribution in [0, 0.1) is 5.92 Å². The van der Waals surface area contributed by atoms with Gasteiger partial charge in [-0.25, -0.2) is 0 Å². The summed E-state index contributed by atoms with van der Waals surface area (Å²) in [6.45, 7) is 8.94. The number of piperidine rings is 1. The second-order valence-corrected chi connectivity index (χ2v) is 6.45. The first-order valence-corrected chi connectivity index (χ1v) is 8.66. The average Bonchev–Trinajstić information content (AvgIpc) is 2.82. The Kier molecular flexibility index (Phi) is 5.88. The van der Waals surface area contributed by atoms with Gasteiger partial charge in [0, 0.05) is 38.6 Å². The van der Waals surface area contributed by atoms with Gasteiger partial charge in [-0.2, -0.15) is 0 Å². The van der Waals surface area contributed by atoms with Crippen LogP contribution >= 0.6 is 0 Å². The molecule has 0 aliphatic carbocycles. The number of carbonyl (C=O) groups excluding carboxylic acids is 1. The molecule has 5 nitrogen and oxygen atoms in total. The third-order valence-electron chi connectivity index (χ3n) is 4.77. The zero-order valence-electron chi connectivity index (χ0n) is 14.1. The van der Waals surface area contributed by atoms with Gasteiger partial charge in [-0.3, -0.25) is 9.69 Å². The Morgan fingerprint density at radius 2 is 2.12 bits per heavy atom. The quantitative estimate of drug-likeness (QED) is 0.772. The lowest BCUT2D eigenvalue weighted by Crippen LogP contribution is -2.50. The summed E-state index contributed by atoms with van der Waals surface area (Å²) < 4.78 is 11.6. The second-order valence-electron chi connectivity index (χ2n) is 6.45. The molecule has 0 spiro atoms. The smallest absolute Gasteiger partial charge is 0.260 e. The van der Waals surface area contributed by atoms with Crippen LogP contribution in [-0.2, 0) is 9.53 Å². The molecule has 0 aromatic heterocycles. The van der Waals surface area contributed by atoms with Crippen molar-refractivity contribution >= 4 is 5.91 Å². The van der Waals surface area contributed by atoms with Crippen LogP contribution in [0.15, 0.2) is 43.0 Å². The summed E-state index contributed by atoms with van der Waals surface area (Å²) in [5.74, 6) is 1.26. The van der Waals surface area contributed by atoms with E-state index in [4.69, 9.17) is 9.47 Å². The average molecular weight is 330 g/mol. The molecule has 24 heavy (non-hydrogen) atoms. The molecule has 1 aromatic carbocycles. The standard InChI is InChI=1S/C19H26N2O3/c1-2-9-20-11-12-23-18-14-21(10-8-16(18)13-20)19(22)15-24-17-6-4-3-5-7-17/h2-7,16,18H,1,8-15H2/t16-,18-/m0/s1. The van der Waals surface area contributed by atoms with Gasteiger partial charge < -0.3 is 14.4 Å². The van der Waals surface area contributed by atoms with Crippen molar-refractivity contribution in [2.75, 3.05) is 45.9 Å². The van der Waals surface area contributed by atoms with Crippen molar-refractivity contribution in [3.63, 3.8) is 0 Å². The molecule has 0 radical (unpaired) electrons. The Bertz CT molecular complexity index is 549. The van der Waals surface area contributed by atoms with E-state index in [1.165, 1.54) is 0 Å². The second kappa shape index (κ2) is 8.31. The fraction of sp³-hybridized carbons (Fsp3) is 0.526. The number of nitrogens with zero attached hydrogens (tertiary/aromatic N) is 2. The van der Waals surface area contributed by atoms with Gasteiger partial charge in [0.05, 0.1) is 12.7 Å². The highest BCUT2D eigenvalue weighted by atomic mass is 16.5.